The van der Waals surface area contributed by atoms with Gasteiger partial charge in [0.25, 0.3) is 0 Å². The van der Waals surface area contributed by atoms with Gasteiger partial charge in [-0.1, -0.05) is 48.4 Å². The van der Waals surface area contributed by atoms with Gasteiger partial charge in [0.2, 0.25) is 5.91 Å². The molecule has 2 fully saturated rings. The van der Waals surface area contributed by atoms with Crippen LogP contribution in [0.15, 0.2) is 35.9 Å². The number of alkyl carbamates (subject to hydrolysis) is 1. The molecule has 270 valence electrons. The molecular formula is C35H49ClN4O8S. The van der Waals surface area contributed by atoms with E-state index in [4.69, 9.17) is 30.5 Å². The maximum Gasteiger partial charge on any atom is 0.409 e. The van der Waals surface area contributed by atoms with Crippen LogP contribution in [0.1, 0.15) is 58.1 Å². The smallest absolute Gasteiger partial charge is 0.409 e. The highest BCUT2D eigenvalue weighted by molar-refractivity contribution is 7.80. The Balaban J connectivity index is 1.76. The number of halogens is 1. The highest BCUT2D eigenvalue weighted by Crippen LogP contribution is 2.49. The molecule has 0 aliphatic carbocycles. The summed E-state index contributed by atoms with van der Waals surface area (Å²) in [6.45, 7) is 9.08. The molecule has 4 rings (SSSR count). The lowest BCUT2D eigenvalue weighted by Gasteiger charge is -2.42. The number of esters is 1. The van der Waals surface area contributed by atoms with Crippen LogP contribution >= 0.6 is 24.2 Å². The number of thiol groups is 1. The fourth-order valence-corrected chi connectivity index (χ4v) is 6.98. The van der Waals surface area contributed by atoms with Gasteiger partial charge < -0.3 is 33.9 Å². The van der Waals surface area contributed by atoms with Gasteiger partial charge in [0, 0.05) is 46.4 Å². The van der Waals surface area contributed by atoms with E-state index in [0.29, 0.717) is 22.9 Å². The van der Waals surface area contributed by atoms with Crippen LogP contribution in [0.3, 0.4) is 0 Å². The van der Waals surface area contributed by atoms with Crippen molar-refractivity contribution < 1.29 is 38.4 Å². The number of nitrogens with zero attached hydrogens (tertiary/aromatic N) is 2. The number of carbonyl (C=O) groups is 3. The third-order valence-electron chi connectivity index (χ3n) is 9.90. The number of methoxy groups -OCH3 is 1. The number of benzene rings is 1. The van der Waals surface area contributed by atoms with E-state index in [9.17, 15) is 24.9 Å². The van der Waals surface area contributed by atoms with E-state index < -0.39 is 59.8 Å². The van der Waals surface area contributed by atoms with E-state index >= 15 is 0 Å². The first-order chi connectivity index (χ1) is 22.9. The Morgan fingerprint density at radius 3 is 2.67 bits per heavy atom. The molecule has 1 aromatic carbocycles. The van der Waals surface area contributed by atoms with Crippen molar-refractivity contribution in [2.24, 2.45) is 5.92 Å². The Labute approximate surface area is 299 Å². The van der Waals surface area contributed by atoms with Crippen molar-refractivity contribution in [2.75, 3.05) is 31.9 Å². The topological polar surface area (TPSA) is 154 Å². The van der Waals surface area contributed by atoms with Crippen LogP contribution in [0.5, 0.6) is 0 Å². The summed E-state index contributed by atoms with van der Waals surface area (Å²) >= 11 is 10.9. The number of aryl methyl sites for hydroxylation is 1. The van der Waals surface area contributed by atoms with Crippen LogP contribution in [-0.4, -0.2) is 103 Å². The average Bonchev–Trinajstić information content (AvgIpc) is 3.74. The molecule has 4 bridgehead atoms. The lowest BCUT2D eigenvalue weighted by atomic mass is 9.83. The molecule has 12 nitrogen and oxygen atoms in total. The lowest BCUT2D eigenvalue weighted by molar-refractivity contribution is -0.160. The molecular weight excluding hydrogens is 672 g/mol. The summed E-state index contributed by atoms with van der Waals surface area (Å²) in [5.41, 5.74) is 0.553. The van der Waals surface area contributed by atoms with Gasteiger partial charge in [-0.15, -0.1) is 0 Å². The molecule has 0 spiro atoms. The van der Waals surface area contributed by atoms with Crippen LogP contribution in [0.2, 0.25) is 5.02 Å². The van der Waals surface area contributed by atoms with Gasteiger partial charge in [-0.05, 0) is 57.1 Å². The first-order valence-corrected chi connectivity index (χ1v) is 17.4. The summed E-state index contributed by atoms with van der Waals surface area (Å²) in [5, 5.41) is 23.9. The molecule has 2 amide bonds. The SMILES string of the molecule is COC1/C=C/C=C(\C)Cc2cc(C)c(Cl)c(c2)N(C)C(=N)CC(OC(=O)C(C)N(C)C(=O)CCS)C2(C)OC2C(C)C2CC1(O)NC(=O)O2. The van der Waals surface area contributed by atoms with Crippen LogP contribution in [-0.2, 0) is 35.0 Å². The number of amidine groups is 1. The van der Waals surface area contributed by atoms with Gasteiger partial charge in [0.15, 0.2) is 5.72 Å². The molecule has 14 heteroatoms. The molecule has 2 saturated heterocycles. The summed E-state index contributed by atoms with van der Waals surface area (Å²) in [4.78, 5) is 41.9. The number of hydrogen-bond donors (Lipinski definition) is 4. The number of aliphatic hydroxyl groups is 1. The van der Waals surface area contributed by atoms with Crippen LogP contribution in [0.4, 0.5) is 10.5 Å². The van der Waals surface area contributed by atoms with E-state index in [2.05, 4.69) is 17.9 Å². The Morgan fingerprint density at radius 2 is 2.02 bits per heavy atom. The number of hydrogen-bond acceptors (Lipinski definition) is 10. The quantitative estimate of drug-likeness (QED) is 0.188. The average molecular weight is 721 g/mol. The van der Waals surface area contributed by atoms with E-state index in [1.54, 1.807) is 37.9 Å². The van der Waals surface area contributed by atoms with E-state index in [-0.39, 0.29) is 31.0 Å². The highest BCUT2D eigenvalue weighted by atomic mass is 35.5. The minimum absolute atomic E-state index is 0.0108. The molecule has 3 N–H and O–H groups in total. The number of amides is 2. The maximum absolute atomic E-state index is 13.6. The number of likely N-dealkylation sites (N-methyl/N-ethyl adjacent to an activating group) is 1. The zero-order chi connectivity index (χ0) is 36.4. The molecule has 3 aliphatic heterocycles. The second-order valence-corrected chi connectivity index (χ2v) is 14.4. The summed E-state index contributed by atoms with van der Waals surface area (Å²) in [6.07, 6.45) is 2.01. The van der Waals surface area contributed by atoms with Gasteiger partial charge >= 0.3 is 12.1 Å². The van der Waals surface area contributed by atoms with E-state index in [0.717, 1.165) is 16.7 Å². The first-order valence-electron chi connectivity index (χ1n) is 16.4. The fourth-order valence-electron chi connectivity index (χ4n) is 6.56. The molecule has 3 aliphatic rings. The summed E-state index contributed by atoms with van der Waals surface area (Å²) in [7, 11) is 4.72. The zero-order valence-electron chi connectivity index (χ0n) is 29.4. The van der Waals surface area contributed by atoms with Crippen molar-refractivity contribution in [3.63, 3.8) is 0 Å². The third-order valence-corrected chi connectivity index (χ3v) is 10.6. The number of allylic oxidation sites excluding steroid dienone is 3. The van der Waals surface area contributed by atoms with E-state index in [1.807, 2.05) is 39.0 Å². The molecule has 1 aromatic rings. The number of fused-ring (bicyclic) bond motifs is 5. The third kappa shape index (κ3) is 8.45. The fraction of sp³-hybridized carbons (Fsp3) is 0.600. The number of anilines is 1. The molecule has 0 saturated carbocycles. The Hall–Kier alpha value is -3.10. The Bertz CT molecular complexity index is 1520. The predicted molar refractivity (Wildman–Crippen MR) is 190 cm³/mol. The number of epoxide rings is 1. The van der Waals surface area contributed by atoms with Crippen molar-refractivity contribution in [2.45, 2.75) is 102 Å². The van der Waals surface area contributed by atoms with Crippen molar-refractivity contribution in [1.29, 1.82) is 5.41 Å². The number of carbonyl (C=O) groups excluding carboxylic acids is 3. The summed E-state index contributed by atoms with van der Waals surface area (Å²) < 4.78 is 23.7. The van der Waals surface area contributed by atoms with Gasteiger partial charge in [0.1, 0.15) is 35.8 Å². The minimum atomic E-state index is -1.78. The van der Waals surface area contributed by atoms with E-state index in [1.165, 1.54) is 19.1 Å². The van der Waals surface area contributed by atoms with Crippen molar-refractivity contribution >= 4 is 53.7 Å². The number of ether oxygens (including phenoxy) is 4. The van der Waals surface area contributed by atoms with Crippen molar-refractivity contribution in [1.82, 2.24) is 10.2 Å². The van der Waals surface area contributed by atoms with Gasteiger partial charge in [0.05, 0.1) is 16.8 Å². The largest absolute Gasteiger partial charge is 0.457 e. The summed E-state index contributed by atoms with van der Waals surface area (Å²) in [5.74, 6) is -0.934. The summed E-state index contributed by atoms with van der Waals surface area (Å²) in [6, 6.07) is 3.01. The Morgan fingerprint density at radius 1 is 1.33 bits per heavy atom. The van der Waals surface area contributed by atoms with Crippen LogP contribution in [0, 0.1) is 18.3 Å². The number of nitrogens with one attached hydrogen (secondary N) is 2. The zero-order valence-corrected chi connectivity index (χ0v) is 31.1. The van der Waals surface area contributed by atoms with Crippen molar-refractivity contribution in [3.8, 4) is 0 Å². The van der Waals surface area contributed by atoms with Crippen LogP contribution < -0.4 is 10.2 Å². The molecule has 8 unspecified atom stereocenters. The molecule has 0 radical (unpaired) electrons. The molecule has 8 atom stereocenters. The van der Waals surface area contributed by atoms with Gasteiger partial charge in [-0.25, -0.2) is 9.59 Å². The predicted octanol–water partition coefficient (Wildman–Crippen LogP) is 4.58. The highest BCUT2D eigenvalue weighted by Gasteiger charge is 2.64. The first kappa shape index (κ1) is 38.7. The van der Waals surface area contributed by atoms with Gasteiger partial charge in [-0.3, -0.25) is 15.5 Å². The van der Waals surface area contributed by atoms with Gasteiger partial charge in [-0.2, -0.15) is 12.6 Å². The lowest BCUT2D eigenvalue weighted by Crippen LogP contribution is -2.63. The monoisotopic (exact) mass is 720 g/mol. The van der Waals surface area contributed by atoms with Crippen LogP contribution in [0.25, 0.3) is 0 Å². The maximum atomic E-state index is 13.6. The van der Waals surface area contributed by atoms with Crippen molar-refractivity contribution in [3.05, 3.63) is 52.1 Å². The molecule has 0 aromatic heterocycles. The second kappa shape index (κ2) is 15.4. The minimum Gasteiger partial charge on any atom is -0.457 e. The normalized spacial score (nSPS) is 32.8. The standard InChI is InChI=1S/C35H49ClN4O8S/c1-19-10-9-11-26(45-8)35(44)18-25(46-33(43)38-35)21(3)31-34(5,48-31)27(47-32(42)22(4)39(6)29(41)12-13-49)17-28(37)40(7)24-16-23(14-19)15-20(2)30(24)36/h9-11,15-16,21-22,25-27,31,37,44,49H,12-14,17-18H2,1-8H3,(H,38,43)/b11-9+,19-10+,37-28?. The second-order valence-electron chi connectivity index (χ2n) is 13.5. The molecule has 3 heterocycles. The molecule has 49 heavy (non-hydrogen) atoms. The number of rotatable bonds is 6. The Kier molecular flexibility index (Phi) is 12.2.